The van der Waals surface area contributed by atoms with E-state index in [4.69, 9.17) is 12.2 Å². The highest BCUT2D eigenvalue weighted by Crippen LogP contribution is 2.20. The second-order valence-electron chi connectivity index (χ2n) is 5.93. The molecule has 1 aliphatic rings. The van der Waals surface area contributed by atoms with E-state index in [1.807, 2.05) is 17.9 Å². The molecule has 0 aliphatic heterocycles. The van der Waals surface area contributed by atoms with E-state index in [1.54, 1.807) is 18.2 Å². The zero-order valence-electron chi connectivity index (χ0n) is 13.2. The van der Waals surface area contributed by atoms with Gasteiger partial charge in [0.05, 0.1) is 12.6 Å². The lowest BCUT2D eigenvalue weighted by molar-refractivity contribution is 0.144. The molecule has 122 valence electrons. The molecular formula is C17H26N2O2S. The SMILES string of the molecule is CCN(C[C@@H](O)c1cccc(O)c1)C(=S)NC1CCCCC1. The number of phenolic OH excluding ortho intramolecular Hbond substituents is 1. The zero-order chi connectivity index (χ0) is 15.9. The molecule has 3 N–H and O–H groups in total. The van der Waals surface area contributed by atoms with Crippen molar-refractivity contribution in [2.24, 2.45) is 0 Å². The van der Waals surface area contributed by atoms with Crippen LogP contribution in [0, 0.1) is 0 Å². The van der Waals surface area contributed by atoms with E-state index in [1.165, 1.54) is 32.1 Å². The lowest BCUT2D eigenvalue weighted by atomic mass is 9.96. The number of nitrogens with zero attached hydrogens (tertiary/aromatic N) is 1. The lowest BCUT2D eigenvalue weighted by Gasteiger charge is -2.31. The van der Waals surface area contributed by atoms with E-state index in [2.05, 4.69) is 5.32 Å². The van der Waals surface area contributed by atoms with Gasteiger partial charge in [-0.1, -0.05) is 31.4 Å². The number of thiocarbonyl (C=S) groups is 1. The van der Waals surface area contributed by atoms with Crippen LogP contribution in [0.3, 0.4) is 0 Å². The van der Waals surface area contributed by atoms with Crippen LogP contribution < -0.4 is 5.32 Å². The lowest BCUT2D eigenvalue weighted by Crippen LogP contribution is -2.46. The van der Waals surface area contributed by atoms with Gasteiger partial charge in [0, 0.05) is 12.6 Å². The normalized spacial score (nSPS) is 17.0. The molecule has 0 bridgehead atoms. The minimum atomic E-state index is -0.668. The van der Waals surface area contributed by atoms with Crippen molar-refractivity contribution in [1.82, 2.24) is 10.2 Å². The first-order valence-corrected chi connectivity index (χ1v) is 8.53. The molecule has 4 nitrogen and oxygen atoms in total. The van der Waals surface area contributed by atoms with Crippen molar-refractivity contribution in [2.45, 2.75) is 51.2 Å². The Hall–Kier alpha value is -1.33. The highest BCUT2D eigenvalue weighted by atomic mass is 32.1. The van der Waals surface area contributed by atoms with Crippen LogP contribution in [-0.4, -0.2) is 39.4 Å². The topological polar surface area (TPSA) is 55.7 Å². The Balaban J connectivity index is 1.91. The van der Waals surface area contributed by atoms with Crippen LogP contribution in [0.25, 0.3) is 0 Å². The molecule has 1 aromatic rings. The molecule has 2 rings (SSSR count). The summed E-state index contributed by atoms with van der Waals surface area (Å²) in [6, 6.07) is 7.21. The molecule has 0 radical (unpaired) electrons. The fourth-order valence-electron chi connectivity index (χ4n) is 2.91. The van der Waals surface area contributed by atoms with Gasteiger partial charge < -0.3 is 20.4 Å². The van der Waals surface area contributed by atoms with Crippen molar-refractivity contribution in [3.8, 4) is 5.75 Å². The maximum Gasteiger partial charge on any atom is 0.169 e. The average Bonchev–Trinajstić information content (AvgIpc) is 2.53. The Morgan fingerprint density at radius 2 is 2.09 bits per heavy atom. The largest absolute Gasteiger partial charge is 0.508 e. The number of likely N-dealkylation sites (N-methyl/N-ethyl adjacent to an activating group) is 1. The summed E-state index contributed by atoms with van der Waals surface area (Å²) in [7, 11) is 0. The van der Waals surface area contributed by atoms with Crippen molar-refractivity contribution >= 4 is 17.3 Å². The third-order valence-electron chi connectivity index (χ3n) is 4.25. The van der Waals surface area contributed by atoms with Crippen molar-refractivity contribution in [1.29, 1.82) is 0 Å². The van der Waals surface area contributed by atoms with Crippen molar-refractivity contribution < 1.29 is 10.2 Å². The van der Waals surface area contributed by atoms with Crippen molar-refractivity contribution in [3.05, 3.63) is 29.8 Å². The quantitative estimate of drug-likeness (QED) is 0.728. The maximum absolute atomic E-state index is 10.4. The predicted octanol–water partition coefficient (Wildman–Crippen LogP) is 2.95. The number of rotatable bonds is 5. The minimum Gasteiger partial charge on any atom is -0.508 e. The second-order valence-corrected chi connectivity index (χ2v) is 6.32. The Bertz CT molecular complexity index is 489. The molecule has 1 atom stereocenters. The second kappa shape index (κ2) is 8.34. The Kier molecular flexibility index (Phi) is 6.46. The van der Waals surface area contributed by atoms with Crippen molar-refractivity contribution in [3.63, 3.8) is 0 Å². The molecule has 1 fully saturated rings. The number of hydrogen-bond donors (Lipinski definition) is 3. The number of aliphatic hydroxyl groups is 1. The maximum atomic E-state index is 10.4. The fourth-order valence-corrected chi connectivity index (χ4v) is 3.28. The van der Waals surface area contributed by atoms with Crippen LogP contribution in [0.15, 0.2) is 24.3 Å². The molecule has 0 unspecified atom stereocenters. The molecule has 0 saturated heterocycles. The van der Waals surface area contributed by atoms with Crippen LogP contribution in [-0.2, 0) is 0 Å². The van der Waals surface area contributed by atoms with E-state index in [-0.39, 0.29) is 5.75 Å². The Labute approximate surface area is 138 Å². The van der Waals surface area contributed by atoms with E-state index >= 15 is 0 Å². The highest BCUT2D eigenvalue weighted by molar-refractivity contribution is 7.80. The molecule has 1 aliphatic carbocycles. The van der Waals surface area contributed by atoms with Gasteiger partial charge in [-0.05, 0) is 49.7 Å². The summed E-state index contributed by atoms with van der Waals surface area (Å²) < 4.78 is 0. The zero-order valence-corrected chi connectivity index (χ0v) is 14.0. The van der Waals surface area contributed by atoms with Crippen LogP contribution in [0.1, 0.15) is 50.7 Å². The smallest absolute Gasteiger partial charge is 0.169 e. The fraction of sp³-hybridized carbons (Fsp3) is 0.588. The third-order valence-corrected chi connectivity index (χ3v) is 4.63. The minimum absolute atomic E-state index is 0.169. The van der Waals surface area contributed by atoms with Crippen LogP contribution in [0.2, 0.25) is 0 Å². The summed E-state index contributed by atoms with van der Waals surface area (Å²) in [6.45, 7) is 3.21. The number of aromatic hydroxyl groups is 1. The van der Waals surface area contributed by atoms with E-state index in [9.17, 15) is 10.2 Å². The summed E-state index contributed by atoms with van der Waals surface area (Å²) in [5, 5.41) is 24.0. The summed E-state index contributed by atoms with van der Waals surface area (Å²) in [4.78, 5) is 1.98. The van der Waals surface area contributed by atoms with Crippen LogP contribution in [0.4, 0.5) is 0 Å². The summed E-state index contributed by atoms with van der Waals surface area (Å²) >= 11 is 5.50. The van der Waals surface area contributed by atoms with E-state index < -0.39 is 6.10 Å². The highest BCUT2D eigenvalue weighted by Gasteiger charge is 2.19. The standard InChI is InChI=1S/C17H26N2O2S/c1-2-19(17(22)18-14-8-4-3-5-9-14)12-16(21)13-7-6-10-15(20)11-13/h6-7,10-11,14,16,20-21H,2-5,8-9,12H2,1H3,(H,18,22)/t16-/m1/s1. The van der Waals surface area contributed by atoms with Gasteiger partial charge in [-0.2, -0.15) is 0 Å². The van der Waals surface area contributed by atoms with Gasteiger partial charge in [0.25, 0.3) is 0 Å². The number of nitrogens with one attached hydrogen (secondary N) is 1. The van der Waals surface area contributed by atoms with Gasteiger partial charge in [-0.3, -0.25) is 0 Å². The molecule has 0 aromatic heterocycles. The predicted molar refractivity (Wildman–Crippen MR) is 92.9 cm³/mol. The van der Waals surface area contributed by atoms with Crippen LogP contribution >= 0.6 is 12.2 Å². The van der Waals surface area contributed by atoms with Crippen molar-refractivity contribution in [2.75, 3.05) is 13.1 Å². The first-order valence-electron chi connectivity index (χ1n) is 8.12. The number of hydrogen-bond acceptors (Lipinski definition) is 3. The number of aliphatic hydroxyl groups excluding tert-OH is 1. The summed E-state index contributed by atoms with van der Waals surface area (Å²) in [5.41, 5.74) is 0.707. The molecule has 1 saturated carbocycles. The molecule has 0 amide bonds. The first-order chi connectivity index (χ1) is 10.6. The molecule has 22 heavy (non-hydrogen) atoms. The molecule has 0 heterocycles. The first kappa shape index (κ1) is 17.0. The van der Waals surface area contributed by atoms with Gasteiger partial charge in [-0.15, -0.1) is 0 Å². The molecular weight excluding hydrogens is 296 g/mol. The number of benzene rings is 1. The van der Waals surface area contributed by atoms with Gasteiger partial charge in [0.1, 0.15) is 5.75 Å². The van der Waals surface area contributed by atoms with Gasteiger partial charge in [0.15, 0.2) is 5.11 Å². The van der Waals surface area contributed by atoms with Gasteiger partial charge in [-0.25, -0.2) is 0 Å². The average molecular weight is 322 g/mol. The van der Waals surface area contributed by atoms with Gasteiger partial charge in [0.2, 0.25) is 0 Å². The van der Waals surface area contributed by atoms with Crippen LogP contribution in [0.5, 0.6) is 5.75 Å². The Morgan fingerprint density at radius 1 is 1.36 bits per heavy atom. The monoisotopic (exact) mass is 322 g/mol. The molecule has 0 spiro atoms. The van der Waals surface area contributed by atoms with E-state index in [0.29, 0.717) is 23.3 Å². The molecule has 1 aromatic carbocycles. The molecule has 5 heteroatoms. The van der Waals surface area contributed by atoms with Gasteiger partial charge >= 0.3 is 0 Å². The Morgan fingerprint density at radius 3 is 2.73 bits per heavy atom. The third kappa shape index (κ3) is 4.85. The number of phenols is 1. The summed E-state index contributed by atoms with van der Waals surface area (Å²) in [6.07, 6.45) is 5.52. The van der Waals surface area contributed by atoms with E-state index in [0.717, 1.165) is 6.54 Å². The summed E-state index contributed by atoms with van der Waals surface area (Å²) in [5.74, 6) is 0.169.